The third kappa shape index (κ3) is 3.98. The smallest absolute Gasteiger partial charge is 0.336 e. The molecule has 0 fully saturated rings. The van der Waals surface area contributed by atoms with Crippen molar-refractivity contribution in [2.75, 3.05) is 6.54 Å². The van der Waals surface area contributed by atoms with E-state index < -0.39 is 16.0 Å². The summed E-state index contributed by atoms with van der Waals surface area (Å²) < 4.78 is 27.5. The van der Waals surface area contributed by atoms with Gasteiger partial charge in [-0.1, -0.05) is 13.0 Å². The first-order valence-corrected chi connectivity index (χ1v) is 8.96. The van der Waals surface area contributed by atoms with Crippen molar-refractivity contribution in [3.8, 4) is 0 Å². The fourth-order valence-corrected chi connectivity index (χ4v) is 3.53. The fraction of sp³-hybridized carbons (Fsp3) is 0.294. The van der Waals surface area contributed by atoms with Gasteiger partial charge in [0.25, 0.3) is 0 Å². The van der Waals surface area contributed by atoms with Gasteiger partial charge in [-0.25, -0.2) is 17.9 Å². The molecule has 2 N–H and O–H groups in total. The van der Waals surface area contributed by atoms with Crippen molar-refractivity contribution in [2.45, 2.75) is 31.6 Å². The fourth-order valence-electron chi connectivity index (χ4n) is 2.29. The average Bonchev–Trinajstić information content (AvgIpc) is 2.55. The molecule has 0 saturated heterocycles. The van der Waals surface area contributed by atoms with Crippen molar-refractivity contribution in [3.63, 3.8) is 0 Å². The van der Waals surface area contributed by atoms with E-state index >= 15 is 0 Å². The Labute approximate surface area is 141 Å². The molecule has 1 aromatic heterocycles. The Hall–Kier alpha value is -2.25. The summed E-state index contributed by atoms with van der Waals surface area (Å²) >= 11 is 0. The second-order valence-electron chi connectivity index (χ2n) is 5.73. The van der Waals surface area contributed by atoms with Crippen LogP contribution in [0.25, 0.3) is 0 Å². The van der Waals surface area contributed by atoms with E-state index in [-0.39, 0.29) is 22.9 Å². The number of benzene rings is 1. The molecule has 2 aromatic rings. The Morgan fingerprint density at radius 1 is 1.29 bits per heavy atom. The summed E-state index contributed by atoms with van der Waals surface area (Å²) in [6.07, 6.45) is 1.66. The Bertz CT molecular complexity index is 848. The van der Waals surface area contributed by atoms with Gasteiger partial charge in [0.1, 0.15) is 0 Å². The van der Waals surface area contributed by atoms with Crippen LogP contribution in [0.4, 0.5) is 0 Å². The zero-order valence-electron chi connectivity index (χ0n) is 13.8. The summed E-state index contributed by atoms with van der Waals surface area (Å²) in [6.45, 7) is 5.39. The molecule has 6 nitrogen and oxygen atoms in total. The Balaban J connectivity index is 2.23. The lowest BCUT2D eigenvalue weighted by molar-refractivity contribution is 0.0695. The molecular formula is C17H20N2O4S. The van der Waals surface area contributed by atoms with Gasteiger partial charge in [-0.3, -0.25) is 4.98 Å². The summed E-state index contributed by atoms with van der Waals surface area (Å²) in [5.41, 5.74) is 1.95. The van der Waals surface area contributed by atoms with Crippen LogP contribution in [0.15, 0.2) is 41.4 Å². The molecule has 1 aromatic carbocycles. The van der Waals surface area contributed by atoms with E-state index in [1.165, 1.54) is 12.1 Å². The summed E-state index contributed by atoms with van der Waals surface area (Å²) in [4.78, 5) is 15.4. The first-order chi connectivity index (χ1) is 11.2. The third-order valence-electron chi connectivity index (χ3n) is 3.95. The SMILES string of the molecule is Cc1cc(S(=O)(=O)NCC(C)c2ccccn2)cc(C(=O)O)c1C. The monoisotopic (exact) mass is 348 g/mol. The van der Waals surface area contributed by atoms with Crippen LogP contribution in [0.2, 0.25) is 0 Å². The maximum atomic E-state index is 12.5. The van der Waals surface area contributed by atoms with E-state index in [1.807, 2.05) is 19.1 Å². The lowest BCUT2D eigenvalue weighted by Crippen LogP contribution is -2.28. The van der Waals surface area contributed by atoms with Crippen LogP contribution in [0.1, 0.15) is 40.0 Å². The predicted octanol–water partition coefficient (Wildman–Crippen LogP) is 2.48. The molecule has 0 spiro atoms. The summed E-state index contributed by atoms with van der Waals surface area (Å²) in [5.74, 6) is -1.25. The highest BCUT2D eigenvalue weighted by atomic mass is 32.2. The number of carboxylic acids is 1. The van der Waals surface area contributed by atoms with Crippen LogP contribution < -0.4 is 4.72 Å². The minimum absolute atomic E-state index is 0.00634. The minimum Gasteiger partial charge on any atom is -0.478 e. The topological polar surface area (TPSA) is 96.4 Å². The molecule has 1 unspecified atom stereocenters. The van der Waals surface area contributed by atoms with Crippen molar-refractivity contribution >= 4 is 16.0 Å². The molecular weight excluding hydrogens is 328 g/mol. The molecule has 1 heterocycles. The zero-order chi connectivity index (χ0) is 17.9. The molecule has 128 valence electrons. The highest BCUT2D eigenvalue weighted by Gasteiger charge is 2.20. The number of aromatic carboxylic acids is 1. The molecule has 0 bridgehead atoms. The van der Waals surface area contributed by atoms with E-state index in [9.17, 15) is 18.3 Å². The van der Waals surface area contributed by atoms with Crippen molar-refractivity contribution in [3.05, 3.63) is 58.9 Å². The normalized spacial score (nSPS) is 12.8. The van der Waals surface area contributed by atoms with E-state index in [0.717, 1.165) is 5.69 Å². The molecule has 0 radical (unpaired) electrons. The number of pyridine rings is 1. The second kappa shape index (κ2) is 7.11. The average molecular weight is 348 g/mol. The van der Waals surface area contributed by atoms with Crippen LogP contribution in [0.5, 0.6) is 0 Å². The maximum absolute atomic E-state index is 12.5. The molecule has 0 aliphatic carbocycles. The van der Waals surface area contributed by atoms with Crippen LogP contribution in [-0.4, -0.2) is 31.0 Å². The van der Waals surface area contributed by atoms with Gasteiger partial charge < -0.3 is 5.11 Å². The zero-order valence-corrected chi connectivity index (χ0v) is 14.6. The summed E-state index contributed by atoms with van der Waals surface area (Å²) in [7, 11) is -3.80. The number of carboxylic acid groups (broad SMARTS) is 1. The van der Waals surface area contributed by atoms with E-state index in [4.69, 9.17) is 0 Å². The third-order valence-corrected chi connectivity index (χ3v) is 5.36. The highest BCUT2D eigenvalue weighted by molar-refractivity contribution is 7.89. The van der Waals surface area contributed by atoms with E-state index in [1.54, 1.807) is 26.1 Å². The van der Waals surface area contributed by atoms with Gasteiger partial charge >= 0.3 is 5.97 Å². The number of nitrogens with zero attached hydrogens (tertiary/aromatic N) is 1. The Kier molecular flexibility index (Phi) is 5.36. The van der Waals surface area contributed by atoms with Gasteiger partial charge in [-0.05, 0) is 49.2 Å². The van der Waals surface area contributed by atoms with E-state index in [2.05, 4.69) is 9.71 Å². The lowest BCUT2D eigenvalue weighted by atomic mass is 10.0. The van der Waals surface area contributed by atoms with Crippen LogP contribution in [0.3, 0.4) is 0 Å². The molecule has 1 atom stereocenters. The molecule has 7 heteroatoms. The number of aryl methyl sites for hydroxylation is 1. The van der Waals surface area contributed by atoms with Gasteiger partial charge in [0.05, 0.1) is 10.5 Å². The predicted molar refractivity (Wildman–Crippen MR) is 90.7 cm³/mol. The van der Waals surface area contributed by atoms with Crippen molar-refractivity contribution in [1.82, 2.24) is 9.71 Å². The second-order valence-corrected chi connectivity index (χ2v) is 7.49. The number of aromatic nitrogens is 1. The Morgan fingerprint density at radius 2 is 2.00 bits per heavy atom. The quantitative estimate of drug-likeness (QED) is 0.836. The first-order valence-electron chi connectivity index (χ1n) is 7.47. The van der Waals surface area contributed by atoms with Crippen molar-refractivity contribution < 1.29 is 18.3 Å². The molecule has 0 amide bonds. The minimum atomic E-state index is -3.80. The standard InChI is InChI=1S/C17H20N2O4S/c1-11-8-14(9-15(13(11)3)17(20)21)24(22,23)19-10-12(2)16-6-4-5-7-18-16/h4-9,12,19H,10H2,1-3H3,(H,20,21). The molecule has 2 rings (SSSR count). The number of nitrogens with one attached hydrogen (secondary N) is 1. The van der Waals surface area contributed by atoms with Gasteiger partial charge in [-0.2, -0.15) is 0 Å². The number of carbonyl (C=O) groups is 1. The largest absolute Gasteiger partial charge is 0.478 e. The highest BCUT2D eigenvalue weighted by Crippen LogP contribution is 2.20. The van der Waals surface area contributed by atoms with Crippen LogP contribution in [0, 0.1) is 13.8 Å². The summed E-state index contributed by atoms with van der Waals surface area (Å²) in [6, 6.07) is 8.14. The first kappa shape index (κ1) is 18.1. The number of rotatable bonds is 6. The van der Waals surface area contributed by atoms with Crippen LogP contribution >= 0.6 is 0 Å². The number of hydrogen-bond acceptors (Lipinski definition) is 4. The lowest BCUT2D eigenvalue weighted by Gasteiger charge is -2.14. The van der Waals surface area contributed by atoms with Crippen molar-refractivity contribution in [2.24, 2.45) is 0 Å². The number of sulfonamides is 1. The van der Waals surface area contributed by atoms with Gasteiger partial charge in [-0.15, -0.1) is 0 Å². The Morgan fingerprint density at radius 3 is 2.58 bits per heavy atom. The number of hydrogen-bond donors (Lipinski definition) is 2. The van der Waals surface area contributed by atoms with Crippen LogP contribution in [-0.2, 0) is 10.0 Å². The van der Waals surface area contributed by atoms with Gasteiger partial charge in [0.15, 0.2) is 0 Å². The summed E-state index contributed by atoms with van der Waals surface area (Å²) in [5, 5.41) is 9.22. The van der Waals surface area contributed by atoms with Crippen molar-refractivity contribution in [1.29, 1.82) is 0 Å². The molecule has 0 aliphatic heterocycles. The van der Waals surface area contributed by atoms with Gasteiger partial charge in [0, 0.05) is 24.4 Å². The maximum Gasteiger partial charge on any atom is 0.336 e. The van der Waals surface area contributed by atoms with Gasteiger partial charge in [0.2, 0.25) is 10.0 Å². The molecule has 0 saturated carbocycles. The molecule has 0 aliphatic rings. The van der Waals surface area contributed by atoms with E-state index in [0.29, 0.717) is 11.1 Å². The molecule has 24 heavy (non-hydrogen) atoms.